The van der Waals surface area contributed by atoms with Crippen molar-refractivity contribution in [2.45, 2.75) is 13.3 Å². The van der Waals surface area contributed by atoms with Crippen molar-refractivity contribution in [3.05, 3.63) is 163 Å². The van der Waals surface area contributed by atoms with E-state index in [9.17, 15) is 0 Å². The van der Waals surface area contributed by atoms with Crippen LogP contribution in [0.4, 0.5) is 0 Å². The number of hydrogen-bond acceptors (Lipinski definition) is 4. The van der Waals surface area contributed by atoms with Gasteiger partial charge in [-0.05, 0) is 125 Å². The van der Waals surface area contributed by atoms with Gasteiger partial charge in [0, 0.05) is 87.1 Å². The highest BCUT2D eigenvalue weighted by atomic mass is 32.1. The predicted octanol–water partition coefficient (Wildman–Crippen LogP) is 17.0. The zero-order valence-corrected chi connectivity index (χ0v) is 34.1. The molecule has 0 aliphatic rings. The van der Waals surface area contributed by atoms with Crippen molar-refractivity contribution in [2.24, 2.45) is 0 Å². The number of para-hydroxylation sites is 1. The lowest BCUT2D eigenvalue weighted by atomic mass is 9.98. The van der Waals surface area contributed by atoms with E-state index in [-0.39, 0.29) is 0 Å². The normalized spacial score (nSPS) is 12.4. The molecule has 0 radical (unpaired) electrons. The van der Waals surface area contributed by atoms with Crippen LogP contribution >= 0.6 is 45.3 Å². The maximum Gasteiger partial charge on any atom is 0.0541 e. The zero-order valence-electron chi connectivity index (χ0n) is 30.8. The number of rotatable bonds is 4. The molecule has 0 saturated carbocycles. The van der Waals surface area contributed by atoms with E-state index >= 15 is 0 Å². The summed E-state index contributed by atoms with van der Waals surface area (Å²) in [5.41, 5.74) is 10.1. The third-order valence-corrected chi connectivity index (χ3v) is 16.5. The molecule has 0 bridgehead atoms. The van der Waals surface area contributed by atoms with Gasteiger partial charge in [0.2, 0.25) is 0 Å². The molecule has 57 heavy (non-hydrogen) atoms. The second-order valence-corrected chi connectivity index (χ2v) is 19.2. The molecule has 5 heterocycles. The van der Waals surface area contributed by atoms with Crippen LogP contribution in [0.1, 0.15) is 12.5 Å². The molecule has 5 heteroatoms. The molecule has 1 nitrogen and oxygen atoms in total. The monoisotopic (exact) mass is 797 g/mol. The highest BCUT2D eigenvalue weighted by Crippen LogP contribution is 2.47. The van der Waals surface area contributed by atoms with E-state index in [1.807, 2.05) is 45.3 Å². The van der Waals surface area contributed by atoms with Crippen LogP contribution in [-0.2, 0) is 6.42 Å². The van der Waals surface area contributed by atoms with Crippen molar-refractivity contribution in [3.63, 3.8) is 0 Å². The van der Waals surface area contributed by atoms with Gasteiger partial charge < -0.3 is 4.57 Å². The van der Waals surface area contributed by atoms with Crippen LogP contribution in [0.2, 0.25) is 0 Å². The van der Waals surface area contributed by atoms with Crippen LogP contribution in [0.5, 0.6) is 0 Å². The summed E-state index contributed by atoms with van der Waals surface area (Å²) in [7, 11) is 0. The molecule has 0 aliphatic carbocycles. The molecule has 268 valence electrons. The number of thiophene rings is 4. The van der Waals surface area contributed by atoms with Crippen LogP contribution < -0.4 is 0 Å². The number of aromatic nitrogens is 1. The van der Waals surface area contributed by atoms with Crippen molar-refractivity contribution in [1.29, 1.82) is 0 Å². The second-order valence-electron chi connectivity index (χ2n) is 15.1. The maximum atomic E-state index is 2.44. The van der Waals surface area contributed by atoms with Gasteiger partial charge in [-0.25, -0.2) is 0 Å². The van der Waals surface area contributed by atoms with E-state index in [0.717, 1.165) is 6.42 Å². The van der Waals surface area contributed by atoms with Gasteiger partial charge in [-0.3, -0.25) is 0 Å². The van der Waals surface area contributed by atoms with Crippen LogP contribution in [-0.4, -0.2) is 4.57 Å². The molecular formula is C52H31NS4. The molecule has 0 unspecified atom stereocenters. The second kappa shape index (κ2) is 12.1. The third-order valence-electron chi connectivity index (χ3n) is 12.1. The highest BCUT2D eigenvalue weighted by Gasteiger charge is 2.18. The lowest BCUT2D eigenvalue weighted by molar-refractivity contribution is 1.17. The van der Waals surface area contributed by atoms with Gasteiger partial charge in [0.1, 0.15) is 0 Å². The van der Waals surface area contributed by atoms with Gasteiger partial charge in [-0.2, -0.15) is 0 Å². The Kier molecular flexibility index (Phi) is 6.85. The Morgan fingerprint density at radius 3 is 1.65 bits per heavy atom. The van der Waals surface area contributed by atoms with Crippen LogP contribution in [0.3, 0.4) is 0 Å². The zero-order chi connectivity index (χ0) is 37.4. The molecule has 0 spiro atoms. The Balaban J connectivity index is 1.01. The Morgan fingerprint density at radius 2 is 0.947 bits per heavy atom. The van der Waals surface area contributed by atoms with E-state index < -0.39 is 0 Å². The SMILES string of the molecule is CCc1csc2ccc3c4cc(-c5ccc6c(c5)c5cc(-c7ccc8sc9ccc%10sc%11ccccc%11c%10c9c8c7)ccc5n6-c5ccccc5)ccc4sc3c12. The number of benzene rings is 8. The van der Waals surface area contributed by atoms with Crippen molar-refractivity contribution < 1.29 is 0 Å². The number of fused-ring (bicyclic) bond motifs is 15. The molecule has 0 saturated heterocycles. The number of aryl methyl sites for hydroxylation is 1. The molecule has 0 atom stereocenters. The highest BCUT2D eigenvalue weighted by molar-refractivity contribution is 7.28. The standard InChI is InChI=1S/C52H31NS4/c1-2-29-28-54-46-21-16-35-39-26-32(14-19-44(39)57-52(35)49(29)46)30-12-17-41-37(24-30)38-25-31(13-18-42(38)53(41)34-8-4-3-5-9-34)33-15-20-45-40(27-33)51-48(56-45)23-22-47-50(51)36-10-6-7-11-43(36)55-47/h3-28H,2H2,1H3. The molecule has 13 rings (SSSR count). The summed E-state index contributed by atoms with van der Waals surface area (Å²) in [6.45, 7) is 2.27. The predicted molar refractivity (Wildman–Crippen MR) is 255 cm³/mol. The van der Waals surface area contributed by atoms with E-state index in [0.29, 0.717) is 0 Å². The van der Waals surface area contributed by atoms with Crippen LogP contribution in [0.25, 0.3) is 120 Å². The van der Waals surface area contributed by atoms with Gasteiger partial charge >= 0.3 is 0 Å². The molecule has 5 aromatic heterocycles. The fraction of sp³-hybridized carbons (Fsp3) is 0.0385. The smallest absolute Gasteiger partial charge is 0.0541 e. The Bertz CT molecular complexity index is 3790. The minimum atomic E-state index is 1.06. The van der Waals surface area contributed by atoms with E-state index in [2.05, 4.69) is 169 Å². The first-order valence-corrected chi connectivity index (χ1v) is 22.8. The Hall–Kier alpha value is -5.82. The minimum Gasteiger partial charge on any atom is -0.309 e. The maximum absolute atomic E-state index is 2.44. The van der Waals surface area contributed by atoms with Gasteiger partial charge in [0.25, 0.3) is 0 Å². The fourth-order valence-corrected chi connectivity index (χ4v) is 13.9. The van der Waals surface area contributed by atoms with E-state index in [1.54, 1.807) is 0 Å². The van der Waals surface area contributed by atoms with Gasteiger partial charge in [0.15, 0.2) is 0 Å². The minimum absolute atomic E-state index is 1.06. The molecule has 0 aliphatic heterocycles. The Morgan fingerprint density at radius 1 is 0.404 bits per heavy atom. The lowest BCUT2D eigenvalue weighted by Crippen LogP contribution is -1.93. The molecule has 0 amide bonds. The van der Waals surface area contributed by atoms with Crippen molar-refractivity contribution in [3.8, 4) is 27.9 Å². The third kappa shape index (κ3) is 4.66. The molecule has 0 fully saturated rings. The van der Waals surface area contributed by atoms with Crippen molar-refractivity contribution in [1.82, 2.24) is 4.57 Å². The molecule has 13 aromatic rings. The summed E-state index contributed by atoms with van der Waals surface area (Å²) in [5, 5.41) is 14.5. The summed E-state index contributed by atoms with van der Waals surface area (Å²) in [6, 6.07) is 57.3. The van der Waals surface area contributed by atoms with Crippen molar-refractivity contribution in [2.75, 3.05) is 0 Å². The van der Waals surface area contributed by atoms with Crippen LogP contribution in [0.15, 0.2) is 157 Å². The first-order chi connectivity index (χ1) is 28.2. The average molecular weight is 798 g/mol. The topological polar surface area (TPSA) is 4.93 Å². The average Bonchev–Trinajstić information content (AvgIpc) is 4.08. The quantitative estimate of drug-likeness (QED) is 0.167. The molecular weight excluding hydrogens is 767 g/mol. The van der Waals surface area contributed by atoms with E-state index in [1.165, 1.54) is 126 Å². The van der Waals surface area contributed by atoms with Gasteiger partial charge in [0.05, 0.1) is 11.0 Å². The summed E-state index contributed by atoms with van der Waals surface area (Å²) in [4.78, 5) is 0. The summed E-state index contributed by atoms with van der Waals surface area (Å²) < 4.78 is 12.0. The molecule has 8 aromatic carbocycles. The fourth-order valence-electron chi connectivity index (χ4n) is 9.36. The summed E-state index contributed by atoms with van der Waals surface area (Å²) in [5.74, 6) is 0. The summed E-state index contributed by atoms with van der Waals surface area (Å²) >= 11 is 7.61. The van der Waals surface area contributed by atoms with Crippen LogP contribution in [0, 0.1) is 0 Å². The first kappa shape index (κ1) is 32.3. The first-order valence-electron chi connectivity index (χ1n) is 19.4. The number of hydrogen-bond donors (Lipinski definition) is 0. The van der Waals surface area contributed by atoms with E-state index in [4.69, 9.17) is 0 Å². The number of nitrogens with zero attached hydrogens (tertiary/aromatic N) is 1. The molecule has 0 N–H and O–H groups in total. The summed E-state index contributed by atoms with van der Waals surface area (Å²) in [6.07, 6.45) is 1.06. The van der Waals surface area contributed by atoms with Gasteiger partial charge in [-0.15, -0.1) is 45.3 Å². The Labute approximate surface area is 343 Å². The lowest BCUT2D eigenvalue weighted by Gasteiger charge is -2.09. The van der Waals surface area contributed by atoms with Gasteiger partial charge in [-0.1, -0.05) is 73.7 Å². The van der Waals surface area contributed by atoms with Crippen molar-refractivity contribution >= 4 is 138 Å². The largest absolute Gasteiger partial charge is 0.309 e.